The maximum Gasteiger partial charge on any atom is 0.242 e. The van der Waals surface area contributed by atoms with Crippen molar-refractivity contribution in [2.45, 2.75) is 25.3 Å². The monoisotopic (exact) mass is 157 g/mol. The number of hydrogen-bond donors (Lipinski definition) is 1. The standard InChI is InChI=1S/C5H9F2N.ClH/c6-5(7)3-1-2-4(3)8;/h3-5H,1-2,8H2;1H/t3-,4+;/m1./s1. The van der Waals surface area contributed by atoms with Crippen LogP contribution in [0, 0.1) is 5.92 Å². The van der Waals surface area contributed by atoms with E-state index in [9.17, 15) is 8.78 Å². The van der Waals surface area contributed by atoms with Crippen molar-refractivity contribution in [2.75, 3.05) is 0 Å². The van der Waals surface area contributed by atoms with E-state index in [1.807, 2.05) is 0 Å². The highest BCUT2D eigenvalue weighted by Gasteiger charge is 2.34. The third kappa shape index (κ3) is 1.76. The molecule has 1 saturated carbocycles. The molecule has 0 saturated heterocycles. The minimum atomic E-state index is -2.20. The predicted octanol–water partition coefficient (Wildman–Crippen LogP) is 1.41. The summed E-state index contributed by atoms with van der Waals surface area (Å²) in [5, 5.41) is 0. The molecule has 0 aromatic rings. The first-order valence-electron chi connectivity index (χ1n) is 2.75. The van der Waals surface area contributed by atoms with E-state index in [4.69, 9.17) is 5.73 Å². The van der Waals surface area contributed by atoms with E-state index < -0.39 is 12.3 Å². The van der Waals surface area contributed by atoms with Crippen LogP contribution in [0.5, 0.6) is 0 Å². The zero-order chi connectivity index (χ0) is 6.15. The second-order valence-corrected chi connectivity index (χ2v) is 2.24. The molecular weight excluding hydrogens is 148 g/mol. The Morgan fingerprint density at radius 2 is 1.89 bits per heavy atom. The van der Waals surface area contributed by atoms with Crippen LogP contribution >= 0.6 is 12.4 Å². The molecular formula is C5H10ClF2N. The molecule has 1 nitrogen and oxygen atoms in total. The van der Waals surface area contributed by atoms with Crippen molar-refractivity contribution < 1.29 is 8.78 Å². The zero-order valence-corrected chi connectivity index (χ0v) is 5.70. The molecule has 0 aliphatic heterocycles. The lowest BCUT2D eigenvalue weighted by molar-refractivity contribution is 0.0193. The van der Waals surface area contributed by atoms with Crippen molar-refractivity contribution in [1.29, 1.82) is 0 Å². The summed E-state index contributed by atoms with van der Waals surface area (Å²) in [6.45, 7) is 0. The van der Waals surface area contributed by atoms with Gasteiger partial charge >= 0.3 is 0 Å². The molecule has 0 unspecified atom stereocenters. The van der Waals surface area contributed by atoms with E-state index in [0.717, 1.165) is 6.42 Å². The molecule has 2 atom stereocenters. The van der Waals surface area contributed by atoms with Gasteiger partial charge in [0.2, 0.25) is 6.43 Å². The zero-order valence-electron chi connectivity index (χ0n) is 4.89. The minimum absolute atomic E-state index is 0. The van der Waals surface area contributed by atoms with Gasteiger partial charge in [0.05, 0.1) is 0 Å². The third-order valence-corrected chi connectivity index (χ3v) is 1.71. The highest BCUT2D eigenvalue weighted by molar-refractivity contribution is 5.85. The summed E-state index contributed by atoms with van der Waals surface area (Å²) in [6.07, 6.45) is -0.813. The van der Waals surface area contributed by atoms with Crippen LogP contribution in [0.3, 0.4) is 0 Å². The van der Waals surface area contributed by atoms with E-state index in [2.05, 4.69) is 0 Å². The van der Waals surface area contributed by atoms with Crippen LogP contribution in [0.4, 0.5) is 8.78 Å². The molecule has 0 amide bonds. The van der Waals surface area contributed by atoms with Gasteiger partial charge in [0, 0.05) is 12.0 Å². The molecule has 1 aliphatic carbocycles. The first-order chi connectivity index (χ1) is 3.72. The van der Waals surface area contributed by atoms with Crippen molar-refractivity contribution in [2.24, 2.45) is 11.7 Å². The lowest BCUT2D eigenvalue weighted by Crippen LogP contribution is -2.43. The normalized spacial score (nSPS) is 33.3. The third-order valence-electron chi connectivity index (χ3n) is 1.71. The minimum Gasteiger partial charge on any atom is -0.327 e. The predicted molar refractivity (Wildman–Crippen MR) is 34.0 cm³/mol. The molecule has 0 bridgehead atoms. The van der Waals surface area contributed by atoms with Gasteiger partial charge in [-0.1, -0.05) is 0 Å². The maximum atomic E-state index is 11.7. The van der Waals surface area contributed by atoms with E-state index >= 15 is 0 Å². The van der Waals surface area contributed by atoms with Crippen LogP contribution in [0.1, 0.15) is 12.8 Å². The van der Waals surface area contributed by atoms with Crippen LogP contribution in [-0.4, -0.2) is 12.5 Å². The SMILES string of the molecule is Cl.N[C@H]1CC[C@H]1C(F)F. The Kier molecular flexibility index (Phi) is 3.36. The molecule has 2 N–H and O–H groups in total. The van der Waals surface area contributed by atoms with E-state index in [1.54, 1.807) is 0 Å². The van der Waals surface area contributed by atoms with Gasteiger partial charge in [-0.2, -0.15) is 0 Å². The number of nitrogens with two attached hydrogens (primary N) is 1. The molecule has 0 radical (unpaired) electrons. The molecule has 1 rings (SSSR count). The summed E-state index contributed by atoms with van der Waals surface area (Å²) in [7, 11) is 0. The first-order valence-corrected chi connectivity index (χ1v) is 2.75. The van der Waals surface area contributed by atoms with Crippen LogP contribution in [0.15, 0.2) is 0 Å². The van der Waals surface area contributed by atoms with Crippen LogP contribution in [-0.2, 0) is 0 Å². The number of hydrogen-bond acceptors (Lipinski definition) is 1. The van der Waals surface area contributed by atoms with Gasteiger partial charge < -0.3 is 5.73 Å². The Hall–Kier alpha value is 0.110. The largest absolute Gasteiger partial charge is 0.327 e. The van der Waals surface area contributed by atoms with Gasteiger partial charge in [-0.25, -0.2) is 8.78 Å². The maximum absolute atomic E-state index is 11.7. The molecule has 0 aromatic carbocycles. The summed E-state index contributed by atoms with van der Waals surface area (Å²) < 4.78 is 23.3. The Balaban J connectivity index is 0.000000640. The van der Waals surface area contributed by atoms with Crippen LogP contribution in [0.2, 0.25) is 0 Å². The second-order valence-electron chi connectivity index (χ2n) is 2.24. The van der Waals surface area contributed by atoms with Crippen molar-refractivity contribution in [3.05, 3.63) is 0 Å². The summed E-state index contributed by atoms with van der Waals surface area (Å²) in [6, 6.07) is -0.227. The molecule has 0 spiro atoms. The molecule has 1 fully saturated rings. The molecule has 4 heteroatoms. The van der Waals surface area contributed by atoms with E-state index in [0.29, 0.717) is 6.42 Å². The Morgan fingerprint density at radius 1 is 1.33 bits per heavy atom. The lowest BCUT2D eigenvalue weighted by atomic mass is 9.81. The number of halogens is 3. The van der Waals surface area contributed by atoms with Crippen molar-refractivity contribution in [3.8, 4) is 0 Å². The topological polar surface area (TPSA) is 26.0 Å². The Labute approximate surface area is 59.0 Å². The van der Waals surface area contributed by atoms with Gasteiger partial charge in [0.25, 0.3) is 0 Å². The first kappa shape index (κ1) is 9.11. The van der Waals surface area contributed by atoms with Crippen molar-refractivity contribution in [1.82, 2.24) is 0 Å². The summed E-state index contributed by atoms with van der Waals surface area (Å²) >= 11 is 0. The average Bonchev–Trinajstić information content (AvgIpc) is 1.61. The molecule has 56 valence electrons. The number of rotatable bonds is 1. The summed E-state index contributed by atoms with van der Waals surface area (Å²) in [4.78, 5) is 0. The second kappa shape index (κ2) is 3.32. The molecule has 1 aliphatic rings. The van der Waals surface area contributed by atoms with Gasteiger partial charge in [0.1, 0.15) is 0 Å². The smallest absolute Gasteiger partial charge is 0.242 e. The molecule has 0 aromatic heterocycles. The highest BCUT2D eigenvalue weighted by Crippen LogP contribution is 2.30. The fraction of sp³-hybridized carbons (Fsp3) is 1.00. The lowest BCUT2D eigenvalue weighted by Gasteiger charge is -2.32. The van der Waals surface area contributed by atoms with Gasteiger partial charge in [-0.15, -0.1) is 12.4 Å². The Bertz CT molecular complexity index is 84.3. The Morgan fingerprint density at radius 3 is 1.89 bits per heavy atom. The van der Waals surface area contributed by atoms with Gasteiger partial charge in [-0.05, 0) is 12.8 Å². The van der Waals surface area contributed by atoms with E-state index in [-0.39, 0.29) is 18.4 Å². The fourth-order valence-electron chi connectivity index (χ4n) is 0.864. The van der Waals surface area contributed by atoms with Crippen molar-refractivity contribution >= 4 is 12.4 Å². The highest BCUT2D eigenvalue weighted by atomic mass is 35.5. The van der Waals surface area contributed by atoms with Gasteiger partial charge in [-0.3, -0.25) is 0 Å². The summed E-state index contributed by atoms with van der Waals surface area (Å²) in [5.74, 6) is -0.505. The van der Waals surface area contributed by atoms with Crippen molar-refractivity contribution in [3.63, 3.8) is 0 Å². The van der Waals surface area contributed by atoms with Crippen LogP contribution in [0.25, 0.3) is 0 Å². The number of alkyl halides is 2. The fourth-order valence-corrected chi connectivity index (χ4v) is 0.864. The summed E-state index contributed by atoms with van der Waals surface area (Å²) in [5.41, 5.74) is 5.24. The quantitative estimate of drug-likeness (QED) is 0.612. The van der Waals surface area contributed by atoms with E-state index in [1.165, 1.54) is 0 Å². The average molecular weight is 158 g/mol. The molecule has 9 heavy (non-hydrogen) atoms. The molecule has 0 heterocycles. The van der Waals surface area contributed by atoms with Gasteiger partial charge in [0.15, 0.2) is 0 Å². The van der Waals surface area contributed by atoms with Crippen LogP contribution < -0.4 is 5.73 Å².